The fourth-order valence-electron chi connectivity index (χ4n) is 2.66. The van der Waals surface area contributed by atoms with Crippen LogP contribution in [0.4, 0.5) is 23.2 Å². The van der Waals surface area contributed by atoms with Crippen molar-refractivity contribution in [3.05, 3.63) is 53.8 Å². The normalized spacial score (nSPS) is 13.9. The van der Waals surface area contributed by atoms with E-state index in [0.29, 0.717) is 38.2 Å². The average molecular weight is 496 g/mol. The predicted octanol–water partition coefficient (Wildman–Crippen LogP) is 4.64. The Morgan fingerprint density at radius 3 is 2.06 bits per heavy atom. The maximum atomic E-state index is 13.7. The highest BCUT2D eigenvalue weighted by Gasteiger charge is 2.25. The number of halogens is 4. The molecule has 2 aromatic rings. The zero-order valence-corrected chi connectivity index (χ0v) is 19.9. The van der Waals surface area contributed by atoms with Crippen LogP contribution in [0.5, 0.6) is 0 Å². The van der Waals surface area contributed by atoms with Gasteiger partial charge in [-0.1, -0.05) is 13.8 Å². The van der Waals surface area contributed by atoms with Gasteiger partial charge in [0.1, 0.15) is 17.7 Å². The van der Waals surface area contributed by atoms with Crippen LogP contribution in [0.1, 0.15) is 20.3 Å². The molecule has 1 aliphatic heterocycles. The van der Waals surface area contributed by atoms with Gasteiger partial charge in [0.2, 0.25) is 10.0 Å². The molecule has 0 saturated carbocycles. The molecule has 1 fully saturated rings. The number of anilines is 1. The number of likely N-dealkylation sites (tertiary alicyclic amines) is 1. The Hall–Kier alpha value is -1.82. The second-order valence-corrected chi connectivity index (χ2v) is 9.04. The Kier molecular flexibility index (Phi) is 12.0. The number of primary sulfonamides is 1. The standard InChI is InChI=1S/C12H16F3N3O2S.C7H7FS.C2H6/c13-8-6-18(7-8)3-1-2-17-12-10(14)4-9(5-11(12)15)21(16,19)20;1-9-7-4-2-6(8)3-5-7;1-2/h4-5,8,17H,1-3,6-7H2,(H2,16,19,20);2-5H,1H3;1-2H3. The number of sulfonamides is 1. The molecule has 0 amide bonds. The molecule has 3 N–H and O–H groups in total. The minimum atomic E-state index is -4.15. The highest BCUT2D eigenvalue weighted by Crippen LogP contribution is 2.23. The molecule has 3 rings (SSSR count). The summed E-state index contributed by atoms with van der Waals surface area (Å²) >= 11 is 1.61. The van der Waals surface area contributed by atoms with E-state index in [-0.39, 0.29) is 12.4 Å². The molecule has 0 atom stereocenters. The number of nitrogens with zero attached hydrogens (tertiary/aromatic N) is 1. The first-order chi connectivity index (χ1) is 15.1. The van der Waals surface area contributed by atoms with Crippen molar-refractivity contribution in [2.24, 2.45) is 5.14 Å². The van der Waals surface area contributed by atoms with Crippen LogP contribution in [0.3, 0.4) is 0 Å². The molecule has 2 aromatic carbocycles. The third-order valence-electron chi connectivity index (χ3n) is 4.26. The lowest BCUT2D eigenvalue weighted by atomic mass is 10.2. The maximum Gasteiger partial charge on any atom is 0.238 e. The molecule has 1 heterocycles. The van der Waals surface area contributed by atoms with Crippen molar-refractivity contribution in [2.45, 2.75) is 36.2 Å². The lowest BCUT2D eigenvalue weighted by Crippen LogP contribution is -2.48. The van der Waals surface area contributed by atoms with E-state index in [1.54, 1.807) is 23.9 Å². The number of alkyl halides is 1. The number of nitrogens with two attached hydrogens (primary N) is 1. The summed E-state index contributed by atoms with van der Waals surface area (Å²) in [6.45, 7) is 5.71. The fourth-order valence-corrected chi connectivity index (χ4v) is 3.60. The van der Waals surface area contributed by atoms with Crippen LogP contribution in [0.15, 0.2) is 46.2 Å². The topological polar surface area (TPSA) is 75.4 Å². The molecular formula is C21H29F4N3O2S2. The Labute approximate surface area is 191 Å². The zero-order chi connectivity index (χ0) is 24.3. The number of benzene rings is 2. The van der Waals surface area contributed by atoms with E-state index in [4.69, 9.17) is 5.14 Å². The molecule has 11 heteroatoms. The number of hydrogen-bond acceptors (Lipinski definition) is 5. The van der Waals surface area contributed by atoms with E-state index < -0.39 is 38.4 Å². The van der Waals surface area contributed by atoms with Crippen molar-refractivity contribution < 1.29 is 26.0 Å². The largest absolute Gasteiger partial charge is 0.380 e. The number of rotatable bonds is 7. The van der Waals surface area contributed by atoms with Crippen molar-refractivity contribution in [3.63, 3.8) is 0 Å². The molecule has 0 bridgehead atoms. The summed E-state index contributed by atoms with van der Waals surface area (Å²) in [7, 11) is -4.15. The van der Waals surface area contributed by atoms with Crippen LogP contribution in [0.2, 0.25) is 0 Å². The van der Waals surface area contributed by atoms with E-state index in [1.807, 2.05) is 25.0 Å². The Morgan fingerprint density at radius 1 is 1.09 bits per heavy atom. The highest BCUT2D eigenvalue weighted by molar-refractivity contribution is 7.98. The van der Waals surface area contributed by atoms with Crippen molar-refractivity contribution in [3.8, 4) is 0 Å². The van der Waals surface area contributed by atoms with Gasteiger partial charge >= 0.3 is 0 Å². The van der Waals surface area contributed by atoms with Crippen LogP contribution < -0.4 is 10.5 Å². The van der Waals surface area contributed by atoms with E-state index in [0.717, 1.165) is 4.90 Å². The SMILES string of the molecule is CC.CSc1ccc(F)cc1.NS(=O)(=O)c1cc(F)c(NCCCN2CC(F)C2)c(F)c1. The lowest BCUT2D eigenvalue weighted by molar-refractivity contribution is 0.0657. The highest BCUT2D eigenvalue weighted by atomic mass is 32.2. The monoisotopic (exact) mass is 495 g/mol. The molecule has 0 radical (unpaired) electrons. The summed E-state index contributed by atoms with van der Waals surface area (Å²) in [6.07, 6.45) is 1.77. The molecule has 32 heavy (non-hydrogen) atoms. The first kappa shape index (κ1) is 28.2. The second-order valence-electron chi connectivity index (χ2n) is 6.60. The van der Waals surface area contributed by atoms with Gasteiger partial charge in [-0.25, -0.2) is 31.1 Å². The van der Waals surface area contributed by atoms with Crippen LogP contribution in [0, 0.1) is 17.5 Å². The number of thioether (sulfide) groups is 1. The van der Waals surface area contributed by atoms with Gasteiger partial charge in [-0.2, -0.15) is 0 Å². The molecule has 0 aliphatic carbocycles. The summed E-state index contributed by atoms with van der Waals surface area (Å²) in [5.41, 5.74) is -0.394. The molecule has 1 aliphatic rings. The van der Waals surface area contributed by atoms with Gasteiger partial charge in [0.15, 0.2) is 11.6 Å². The van der Waals surface area contributed by atoms with Crippen LogP contribution in [-0.2, 0) is 10.0 Å². The molecule has 180 valence electrons. The molecule has 1 saturated heterocycles. The third kappa shape index (κ3) is 9.35. The van der Waals surface area contributed by atoms with Crippen molar-refractivity contribution in [1.82, 2.24) is 4.90 Å². The molecule has 0 aromatic heterocycles. The van der Waals surface area contributed by atoms with Gasteiger partial charge in [-0.05, 0) is 49.1 Å². The Bertz CT molecular complexity index is 916. The minimum absolute atomic E-state index is 0.173. The van der Waals surface area contributed by atoms with E-state index in [2.05, 4.69) is 5.32 Å². The maximum absolute atomic E-state index is 13.7. The number of hydrogen-bond donors (Lipinski definition) is 2. The third-order valence-corrected chi connectivity index (χ3v) is 5.90. The smallest absolute Gasteiger partial charge is 0.238 e. The fraction of sp³-hybridized carbons (Fsp3) is 0.429. The average Bonchev–Trinajstić information content (AvgIpc) is 2.73. The van der Waals surface area contributed by atoms with E-state index in [1.165, 1.54) is 12.1 Å². The van der Waals surface area contributed by atoms with Gasteiger partial charge in [0.05, 0.1) is 4.90 Å². The van der Waals surface area contributed by atoms with Crippen LogP contribution >= 0.6 is 11.8 Å². The summed E-state index contributed by atoms with van der Waals surface area (Å²) < 4.78 is 74.2. The first-order valence-corrected chi connectivity index (χ1v) is 12.8. The minimum Gasteiger partial charge on any atom is -0.380 e. The zero-order valence-electron chi connectivity index (χ0n) is 18.2. The van der Waals surface area contributed by atoms with Gasteiger partial charge in [0, 0.05) is 31.1 Å². The summed E-state index contributed by atoms with van der Waals surface area (Å²) in [4.78, 5) is 2.37. The van der Waals surface area contributed by atoms with Crippen LogP contribution in [0.25, 0.3) is 0 Å². The van der Waals surface area contributed by atoms with Gasteiger partial charge in [-0.3, -0.25) is 4.90 Å². The van der Waals surface area contributed by atoms with Crippen molar-refractivity contribution in [1.29, 1.82) is 0 Å². The first-order valence-electron chi connectivity index (χ1n) is 10.0. The predicted molar refractivity (Wildman–Crippen MR) is 122 cm³/mol. The summed E-state index contributed by atoms with van der Waals surface area (Å²) in [5, 5.41) is 7.38. The van der Waals surface area contributed by atoms with Gasteiger partial charge in [0.25, 0.3) is 0 Å². The Morgan fingerprint density at radius 2 is 1.62 bits per heavy atom. The molecule has 0 spiro atoms. The summed E-state index contributed by atoms with van der Waals surface area (Å²) in [6, 6.07) is 7.80. The number of nitrogens with one attached hydrogen (secondary N) is 1. The van der Waals surface area contributed by atoms with Gasteiger partial charge in [-0.15, -0.1) is 11.8 Å². The van der Waals surface area contributed by atoms with Crippen LogP contribution in [-0.4, -0.2) is 51.9 Å². The Balaban J connectivity index is 0.000000388. The molecule has 5 nitrogen and oxygen atoms in total. The lowest BCUT2D eigenvalue weighted by Gasteiger charge is -2.34. The van der Waals surface area contributed by atoms with Crippen molar-refractivity contribution in [2.75, 3.05) is 37.8 Å². The van der Waals surface area contributed by atoms with Gasteiger partial charge < -0.3 is 5.32 Å². The molecule has 0 unspecified atom stereocenters. The molecular weight excluding hydrogens is 466 g/mol. The van der Waals surface area contributed by atoms with E-state index >= 15 is 0 Å². The van der Waals surface area contributed by atoms with Crippen molar-refractivity contribution >= 4 is 27.5 Å². The van der Waals surface area contributed by atoms with E-state index in [9.17, 15) is 26.0 Å². The quantitative estimate of drug-likeness (QED) is 0.333. The second kappa shape index (κ2) is 13.7. The summed E-state index contributed by atoms with van der Waals surface area (Å²) in [5.74, 6) is -2.22.